The fourth-order valence-electron chi connectivity index (χ4n) is 2.10. The third kappa shape index (κ3) is 5.38. The van der Waals surface area contributed by atoms with Crippen LogP contribution in [0.25, 0.3) is 0 Å². The Kier molecular flexibility index (Phi) is 7.23. The molecule has 1 aromatic rings. The highest BCUT2D eigenvalue weighted by molar-refractivity contribution is 5.81. The summed E-state index contributed by atoms with van der Waals surface area (Å²) in [6.45, 7) is 7.95. The Bertz CT molecular complexity index is 427. The number of hydrogen-bond donors (Lipinski definition) is 2. The Balaban J connectivity index is 2.58. The van der Waals surface area contributed by atoms with Crippen molar-refractivity contribution in [1.29, 1.82) is 0 Å². The average molecular weight is 292 g/mol. The molecule has 0 aliphatic heterocycles. The number of nitrogens with one attached hydrogen (secondary N) is 1. The van der Waals surface area contributed by atoms with Crippen LogP contribution in [-0.4, -0.2) is 18.1 Å². The SMILES string of the molecule is CCC(CC)NC(=O)C(C)Oc1ccc([C@@H](N)CC)cc1. The maximum atomic E-state index is 12.0. The summed E-state index contributed by atoms with van der Waals surface area (Å²) in [6, 6.07) is 7.91. The molecule has 21 heavy (non-hydrogen) atoms. The summed E-state index contributed by atoms with van der Waals surface area (Å²) in [5, 5.41) is 2.99. The Labute approximate surface area is 128 Å². The van der Waals surface area contributed by atoms with E-state index in [0.29, 0.717) is 5.75 Å². The fraction of sp³-hybridized carbons (Fsp3) is 0.588. The normalized spacial score (nSPS) is 13.8. The number of carbonyl (C=O) groups excluding carboxylic acids is 1. The highest BCUT2D eigenvalue weighted by Crippen LogP contribution is 2.19. The number of rotatable bonds is 8. The minimum absolute atomic E-state index is 0.0506. The van der Waals surface area contributed by atoms with Gasteiger partial charge in [0.05, 0.1) is 0 Å². The van der Waals surface area contributed by atoms with Crippen molar-refractivity contribution in [2.45, 2.75) is 65.1 Å². The number of benzene rings is 1. The summed E-state index contributed by atoms with van der Waals surface area (Å²) in [5.41, 5.74) is 7.06. The molecule has 0 aromatic heterocycles. The van der Waals surface area contributed by atoms with Crippen LogP contribution < -0.4 is 15.8 Å². The minimum atomic E-state index is -0.503. The largest absolute Gasteiger partial charge is 0.481 e. The van der Waals surface area contributed by atoms with Crippen LogP contribution in [0, 0.1) is 0 Å². The van der Waals surface area contributed by atoms with Crippen molar-refractivity contribution in [1.82, 2.24) is 5.32 Å². The lowest BCUT2D eigenvalue weighted by Crippen LogP contribution is -2.42. The van der Waals surface area contributed by atoms with Crippen molar-refractivity contribution in [2.75, 3.05) is 0 Å². The predicted molar refractivity (Wildman–Crippen MR) is 86.3 cm³/mol. The first-order chi connectivity index (χ1) is 10.0. The second-order valence-corrected chi connectivity index (χ2v) is 5.37. The third-order valence-electron chi connectivity index (χ3n) is 3.76. The molecule has 4 heteroatoms. The first-order valence-corrected chi connectivity index (χ1v) is 7.84. The van der Waals surface area contributed by atoms with E-state index in [9.17, 15) is 4.79 Å². The van der Waals surface area contributed by atoms with Gasteiger partial charge in [0.2, 0.25) is 0 Å². The van der Waals surface area contributed by atoms with E-state index in [-0.39, 0.29) is 18.0 Å². The van der Waals surface area contributed by atoms with Crippen LogP contribution in [0.2, 0.25) is 0 Å². The van der Waals surface area contributed by atoms with E-state index in [2.05, 4.69) is 26.1 Å². The van der Waals surface area contributed by atoms with Crippen LogP contribution in [0.1, 0.15) is 58.6 Å². The lowest BCUT2D eigenvalue weighted by Gasteiger charge is -2.19. The maximum Gasteiger partial charge on any atom is 0.260 e. The Morgan fingerprint density at radius 3 is 2.19 bits per heavy atom. The van der Waals surface area contributed by atoms with Crippen LogP contribution >= 0.6 is 0 Å². The van der Waals surface area contributed by atoms with Gasteiger partial charge in [-0.2, -0.15) is 0 Å². The summed E-state index contributed by atoms with van der Waals surface area (Å²) in [6.07, 6.45) is 2.25. The van der Waals surface area contributed by atoms with Gasteiger partial charge < -0.3 is 15.8 Å². The molecule has 0 fully saturated rings. The summed E-state index contributed by atoms with van der Waals surface area (Å²) >= 11 is 0. The van der Waals surface area contributed by atoms with Crippen LogP contribution in [0.15, 0.2) is 24.3 Å². The summed E-state index contributed by atoms with van der Waals surface area (Å²) in [5.74, 6) is 0.618. The summed E-state index contributed by atoms with van der Waals surface area (Å²) in [7, 11) is 0. The molecular weight excluding hydrogens is 264 g/mol. The van der Waals surface area contributed by atoms with Crippen molar-refractivity contribution in [2.24, 2.45) is 5.73 Å². The lowest BCUT2D eigenvalue weighted by atomic mass is 10.1. The van der Waals surface area contributed by atoms with Gasteiger partial charge in [0.15, 0.2) is 6.10 Å². The highest BCUT2D eigenvalue weighted by atomic mass is 16.5. The Morgan fingerprint density at radius 1 is 1.14 bits per heavy atom. The van der Waals surface area contributed by atoms with E-state index in [4.69, 9.17) is 10.5 Å². The molecule has 0 saturated carbocycles. The molecule has 0 spiro atoms. The van der Waals surface area contributed by atoms with Crippen molar-refractivity contribution in [3.63, 3.8) is 0 Å². The third-order valence-corrected chi connectivity index (χ3v) is 3.76. The molecule has 118 valence electrons. The van der Waals surface area contributed by atoms with Crippen LogP contribution in [-0.2, 0) is 4.79 Å². The molecule has 0 saturated heterocycles. The van der Waals surface area contributed by atoms with Gasteiger partial charge >= 0.3 is 0 Å². The molecule has 1 rings (SSSR count). The molecule has 0 radical (unpaired) electrons. The molecule has 4 nitrogen and oxygen atoms in total. The van der Waals surface area contributed by atoms with Gasteiger partial charge in [-0.1, -0.05) is 32.9 Å². The molecule has 0 aliphatic carbocycles. The quantitative estimate of drug-likeness (QED) is 0.773. The van der Waals surface area contributed by atoms with E-state index in [1.165, 1.54) is 0 Å². The van der Waals surface area contributed by atoms with E-state index in [1.807, 2.05) is 24.3 Å². The number of nitrogens with two attached hydrogens (primary N) is 1. The Hall–Kier alpha value is -1.55. The molecular formula is C17H28N2O2. The number of amides is 1. The van der Waals surface area contributed by atoms with E-state index in [1.54, 1.807) is 6.92 Å². The van der Waals surface area contributed by atoms with Gasteiger partial charge in [-0.15, -0.1) is 0 Å². The van der Waals surface area contributed by atoms with E-state index in [0.717, 1.165) is 24.8 Å². The zero-order valence-electron chi connectivity index (χ0n) is 13.6. The summed E-state index contributed by atoms with van der Waals surface area (Å²) < 4.78 is 5.68. The number of hydrogen-bond acceptors (Lipinski definition) is 3. The first-order valence-electron chi connectivity index (χ1n) is 7.84. The minimum Gasteiger partial charge on any atom is -0.481 e. The maximum absolute atomic E-state index is 12.0. The highest BCUT2D eigenvalue weighted by Gasteiger charge is 2.17. The van der Waals surface area contributed by atoms with Crippen molar-refractivity contribution in [3.8, 4) is 5.75 Å². The van der Waals surface area contributed by atoms with Crippen LogP contribution in [0.3, 0.4) is 0 Å². The van der Waals surface area contributed by atoms with E-state index >= 15 is 0 Å². The van der Waals surface area contributed by atoms with Crippen molar-refractivity contribution >= 4 is 5.91 Å². The van der Waals surface area contributed by atoms with Gasteiger partial charge in [0.25, 0.3) is 5.91 Å². The van der Waals surface area contributed by atoms with Gasteiger partial charge in [0, 0.05) is 12.1 Å². The van der Waals surface area contributed by atoms with Gasteiger partial charge in [-0.3, -0.25) is 4.79 Å². The zero-order valence-corrected chi connectivity index (χ0v) is 13.6. The van der Waals surface area contributed by atoms with Crippen LogP contribution in [0.4, 0.5) is 0 Å². The van der Waals surface area contributed by atoms with Crippen molar-refractivity contribution in [3.05, 3.63) is 29.8 Å². The molecule has 0 aliphatic rings. The van der Waals surface area contributed by atoms with Gasteiger partial charge in [0.1, 0.15) is 5.75 Å². The second-order valence-electron chi connectivity index (χ2n) is 5.37. The molecule has 1 unspecified atom stereocenters. The van der Waals surface area contributed by atoms with Crippen LogP contribution in [0.5, 0.6) is 5.75 Å². The average Bonchev–Trinajstić information content (AvgIpc) is 2.52. The smallest absolute Gasteiger partial charge is 0.260 e. The predicted octanol–water partition coefficient (Wildman–Crippen LogP) is 3.17. The number of carbonyl (C=O) groups is 1. The molecule has 1 aromatic carbocycles. The topological polar surface area (TPSA) is 64.3 Å². The van der Waals surface area contributed by atoms with Crippen molar-refractivity contribution < 1.29 is 9.53 Å². The van der Waals surface area contributed by atoms with Gasteiger partial charge in [-0.25, -0.2) is 0 Å². The second kappa shape index (κ2) is 8.67. The Morgan fingerprint density at radius 2 is 1.71 bits per heavy atom. The van der Waals surface area contributed by atoms with E-state index < -0.39 is 6.10 Å². The molecule has 3 N–H and O–H groups in total. The van der Waals surface area contributed by atoms with Gasteiger partial charge in [-0.05, 0) is 43.9 Å². The molecule has 0 bridgehead atoms. The summed E-state index contributed by atoms with van der Waals surface area (Å²) in [4.78, 5) is 12.0. The molecule has 0 heterocycles. The molecule has 2 atom stereocenters. The molecule has 1 amide bonds. The zero-order chi connectivity index (χ0) is 15.8. The fourth-order valence-corrected chi connectivity index (χ4v) is 2.10. The monoisotopic (exact) mass is 292 g/mol. The first kappa shape index (κ1) is 17.5. The lowest BCUT2D eigenvalue weighted by molar-refractivity contribution is -0.128. The number of ether oxygens (including phenoxy) is 1. The standard InChI is InChI=1S/C17H28N2O2/c1-5-14(6-2)19-17(20)12(4)21-15-10-8-13(9-11-15)16(18)7-3/h8-12,14,16H,5-7,18H2,1-4H3,(H,19,20)/t12?,16-/m0/s1.